The number of hydrogen-bond acceptors (Lipinski definition) is 6. The molecule has 6 nitrogen and oxygen atoms in total. The van der Waals surface area contributed by atoms with Crippen molar-refractivity contribution in [2.24, 2.45) is 34.5 Å². The molecule has 0 unspecified atom stereocenters. The predicted octanol–water partition coefficient (Wildman–Crippen LogP) is 5.16. The van der Waals surface area contributed by atoms with Crippen LogP contribution in [0.1, 0.15) is 92.4 Å². The van der Waals surface area contributed by atoms with Crippen LogP contribution in [0.15, 0.2) is 0 Å². The molecule has 0 aromatic carbocycles. The van der Waals surface area contributed by atoms with Gasteiger partial charge in [0, 0.05) is 36.0 Å². The number of aliphatic hydroxyl groups is 1. The lowest BCUT2D eigenvalue weighted by molar-refractivity contribution is -0.265. The van der Waals surface area contributed by atoms with E-state index in [0.717, 1.165) is 0 Å². The quantitative estimate of drug-likeness (QED) is 0.378. The maximum absolute atomic E-state index is 16.5. The number of carbonyl (C=O) groups is 3. The fourth-order valence-corrected chi connectivity index (χ4v) is 9.42. The topological polar surface area (TPSA) is 89.9 Å². The number of esters is 2. The van der Waals surface area contributed by atoms with E-state index in [-0.39, 0.29) is 61.0 Å². The van der Waals surface area contributed by atoms with Crippen LogP contribution in [0.5, 0.6) is 0 Å². The van der Waals surface area contributed by atoms with Crippen LogP contribution in [0.2, 0.25) is 0 Å². The fourth-order valence-electron chi connectivity index (χ4n) is 9.23. The molecule has 4 aliphatic carbocycles. The van der Waals surface area contributed by atoms with Gasteiger partial charge in [-0.25, -0.2) is 4.39 Å². The summed E-state index contributed by atoms with van der Waals surface area (Å²) in [6.07, 6.45) is 1.58. The third-order valence-electron chi connectivity index (χ3n) is 11.0. The third-order valence-corrected chi connectivity index (χ3v) is 11.2. The van der Waals surface area contributed by atoms with Crippen molar-refractivity contribution in [1.29, 1.82) is 0 Å². The lowest BCUT2D eigenvalue weighted by Crippen LogP contribution is -2.70. The first kappa shape index (κ1) is 27.8. The summed E-state index contributed by atoms with van der Waals surface area (Å²) >= 11 is 6.10. The van der Waals surface area contributed by atoms with Gasteiger partial charge in [0.15, 0.2) is 17.0 Å². The predicted molar refractivity (Wildman–Crippen MR) is 133 cm³/mol. The van der Waals surface area contributed by atoms with Crippen LogP contribution >= 0.6 is 11.6 Å². The number of halogens is 2. The van der Waals surface area contributed by atoms with E-state index in [9.17, 15) is 19.5 Å². The van der Waals surface area contributed by atoms with Crippen molar-refractivity contribution in [2.75, 3.05) is 5.88 Å². The van der Waals surface area contributed by atoms with Crippen molar-refractivity contribution in [1.82, 2.24) is 0 Å². The highest BCUT2D eigenvalue weighted by atomic mass is 35.5. The summed E-state index contributed by atoms with van der Waals surface area (Å²) in [7, 11) is 0. The largest absolute Gasteiger partial charge is 0.455 e. The zero-order valence-corrected chi connectivity index (χ0v) is 23.0. The summed E-state index contributed by atoms with van der Waals surface area (Å²) in [5, 5.41) is 10.6. The molecule has 36 heavy (non-hydrogen) atoms. The van der Waals surface area contributed by atoms with Crippen molar-refractivity contribution < 1.29 is 33.4 Å². The van der Waals surface area contributed by atoms with Crippen molar-refractivity contribution >= 4 is 29.3 Å². The Morgan fingerprint density at radius 3 is 2.19 bits per heavy atom. The number of fused-ring (bicyclic) bond motifs is 5. The number of ether oxygens (including phenoxy) is 2. The minimum atomic E-state index is -1.43. The maximum atomic E-state index is 16.5. The Balaban J connectivity index is 1.77. The van der Waals surface area contributed by atoms with E-state index in [1.165, 1.54) is 0 Å². The van der Waals surface area contributed by atoms with Gasteiger partial charge in [-0.3, -0.25) is 14.4 Å². The maximum Gasteiger partial charge on any atom is 0.306 e. The number of rotatable bonds is 6. The van der Waals surface area contributed by atoms with Gasteiger partial charge < -0.3 is 14.6 Å². The summed E-state index contributed by atoms with van der Waals surface area (Å²) in [6, 6.07) is 0. The first-order chi connectivity index (χ1) is 16.9. The van der Waals surface area contributed by atoms with Gasteiger partial charge >= 0.3 is 11.9 Å². The highest BCUT2D eigenvalue weighted by Crippen LogP contribution is 2.71. The van der Waals surface area contributed by atoms with Gasteiger partial charge in [-0.2, -0.15) is 0 Å². The summed E-state index contributed by atoms with van der Waals surface area (Å²) in [6.45, 7) is 9.44. The molecule has 0 aliphatic heterocycles. The number of Topliss-reactive ketones (excluding diaryl/α,β-unsaturated/α-hetero) is 1. The Labute approximate surface area is 219 Å². The summed E-state index contributed by atoms with van der Waals surface area (Å²) in [5.74, 6) is -1.64. The van der Waals surface area contributed by atoms with E-state index in [4.69, 9.17) is 21.1 Å². The van der Waals surface area contributed by atoms with Gasteiger partial charge in [0.2, 0.25) is 0 Å². The summed E-state index contributed by atoms with van der Waals surface area (Å²) in [5.41, 5.74) is -3.97. The molecule has 0 radical (unpaired) electrons. The zero-order chi connectivity index (χ0) is 26.7. The molecule has 204 valence electrons. The first-order valence-electron chi connectivity index (χ1n) is 13.7. The second kappa shape index (κ2) is 9.52. The Kier molecular flexibility index (Phi) is 7.35. The van der Waals surface area contributed by atoms with Gasteiger partial charge in [-0.1, -0.05) is 34.6 Å². The van der Waals surface area contributed by atoms with Gasteiger partial charge in [0.05, 0.1) is 12.0 Å². The highest BCUT2D eigenvalue weighted by molar-refractivity contribution is 6.29. The molecule has 0 aromatic rings. The first-order valence-corrected chi connectivity index (χ1v) is 14.2. The normalized spacial score (nSPS) is 47.8. The van der Waals surface area contributed by atoms with E-state index in [1.807, 2.05) is 20.8 Å². The smallest absolute Gasteiger partial charge is 0.306 e. The number of aliphatic hydroxyl groups excluding tert-OH is 1. The molecule has 0 bridgehead atoms. The number of hydrogen-bond donors (Lipinski definition) is 1. The highest BCUT2D eigenvalue weighted by Gasteiger charge is 2.75. The molecule has 0 spiro atoms. The SMILES string of the molecule is CCC(=O)O[C@]12C[C@@H](O)CC[C@]1(C)[C@H]1CC[C@@]3(C)[C@@H](C[C@H](C)[C@]3(OC(=O)CC)C(=O)CCl)[C@@H]1C[C@H]2F. The molecule has 4 saturated carbocycles. The average molecular weight is 529 g/mol. The number of alkyl halides is 2. The number of ketones is 1. The Morgan fingerprint density at radius 1 is 0.972 bits per heavy atom. The van der Waals surface area contributed by atoms with Crippen LogP contribution in [-0.2, 0) is 23.9 Å². The minimum absolute atomic E-state index is 0.0372. The van der Waals surface area contributed by atoms with E-state index in [2.05, 4.69) is 0 Å². The second-order valence-corrected chi connectivity index (χ2v) is 12.6. The molecule has 10 atom stereocenters. The standard InChI is InChI=1S/C28H42ClFO6/c1-6-23(33)35-27-14-17(31)8-10-25(27,4)19-9-11-26(5)20(18(19)13-21(27)30)12-16(3)28(26,22(32)15-29)36-24(34)7-2/h16-21,31H,6-15H2,1-5H3/t16-,17-,18+,19-,20-,21+,25+,26-,27-,28-/m0/s1. The van der Waals surface area contributed by atoms with Crippen molar-refractivity contribution in [2.45, 2.75) is 116 Å². The van der Waals surface area contributed by atoms with Crippen molar-refractivity contribution in [3.63, 3.8) is 0 Å². The molecule has 4 aliphatic rings. The van der Waals surface area contributed by atoms with E-state index in [0.29, 0.717) is 32.1 Å². The molecule has 4 rings (SSSR count). The van der Waals surface area contributed by atoms with E-state index < -0.39 is 46.2 Å². The third kappa shape index (κ3) is 3.61. The molecule has 0 aromatic heterocycles. The molecule has 1 N–H and O–H groups in total. The Hall–Kier alpha value is -1.21. The van der Waals surface area contributed by atoms with E-state index in [1.54, 1.807) is 13.8 Å². The summed E-state index contributed by atoms with van der Waals surface area (Å²) in [4.78, 5) is 38.5. The lowest BCUT2D eigenvalue weighted by Gasteiger charge is -2.65. The molecule has 8 heteroatoms. The van der Waals surface area contributed by atoms with Gasteiger partial charge in [0.25, 0.3) is 0 Å². The van der Waals surface area contributed by atoms with Crippen LogP contribution in [0.4, 0.5) is 4.39 Å². The monoisotopic (exact) mass is 528 g/mol. The molecule has 0 heterocycles. The molecular weight excluding hydrogens is 487 g/mol. The fraction of sp³-hybridized carbons (Fsp3) is 0.893. The molecule has 4 fully saturated rings. The summed E-state index contributed by atoms with van der Waals surface area (Å²) < 4.78 is 28.5. The van der Waals surface area contributed by atoms with Gasteiger partial charge in [0.1, 0.15) is 6.17 Å². The molecule has 0 amide bonds. The van der Waals surface area contributed by atoms with Crippen LogP contribution in [0, 0.1) is 34.5 Å². The molecular formula is C28H42ClFO6. The second-order valence-electron chi connectivity index (χ2n) is 12.3. The van der Waals surface area contributed by atoms with Crippen LogP contribution in [-0.4, -0.2) is 52.2 Å². The number of carbonyl (C=O) groups excluding carboxylic acids is 3. The van der Waals surface area contributed by atoms with Crippen LogP contribution < -0.4 is 0 Å². The van der Waals surface area contributed by atoms with Crippen LogP contribution in [0.3, 0.4) is 0 Å². The van der Waals surface area contributed by atoms with Gasteiger partial charge in [-0.05, 0) is 56.3 Å². The zero-order valence-electron chi connectivity index (χ0n) is 22.3. The van der Waals surface area contributed by atoms with Gasteiger partial charge in [-0.15, -0.1) is 11.6 Å². The Bertz CT molecular complexity index is 912. The van der Waals surface area contributed by atoms with Crippen molar-refractivity contribution in [3.05, 3.63) is 0 Å². The average Bonchev–Trinajstić information content (AvgIpc) is 3.07. The lowest BCUT2D eigenvalue weighted by atomic mass is 9.42. The van der Waals surface area contributed by atoms with E-state index >= 15 is 4.39 Å². The van der Waals surface area contributed by atoms with Crippen molar-refractivity contribution in [3.8, 4) is 0 Å². The Morgan fingerprint density at radius 2 is 1.58 bits per heavy atom. The minimum Gasteiger partial charge on any atom is -0.455 e. The molecule has 0 saturated heterocycles. The van der Waals surface area contributed by atoms with Crippen LogP contribution in [0.25, 0.3) is 0 Å².